The van der Waals surface area contributed by atoms with Gasteiger partial charge >= 0.3 is 19.8 Å². The molecule has 1 atom stereocenters. The van der Waals surface area contributed by atoms with Gasteiger partial charge in [-0.25, -0.2) is 4.57 Å². The zero-order valence-corrected chi connectivity index (χ0v) is 31.3. The van der Waals surface area contributed by atoms with Crippen LogP contribution in [0.1, 0.15) is 168 Å². The maximum atomic E-state index is 12.4. The third-order valence-electron chi connectivity index (χ3n) is 7.82. The van der Waals surface area contributed by atoms with Crippen molar-refractivity contribution in [2.24, 2.45) is 0 Å². The maximum Gasteiger partial charge on any atom is 0.469 e. The van der Waals surface area contributed by atoms with Gasteiger partial charge in [-0.15, -0.1) is 0 Å². The summed E-state index contributed by atoms with van der Waals surface area (Å²) in [5.74, 6) is -0.920. The fraction of sp³-hybridized carbons (Fsp3) is 0.744. The summed E-state index contributed by atoms with van der Waals surface area (Å²) in [4.78, 5) is 42.7. The first-order chi connectivity index (χ1) is 23.3. The molecule has 0 aliphatic carbocycles. The molecule has 2 N–H and O–H groups in total. The van der Waals surface area contributed by atoms with Crippen molar-refractivity contribution < 1.29 is 37.9 Å². The van der Waals surface area contributed by atoms with E-state index >= 15 is 0 Å². The zero-order chi connectivity index (χ0) is 35.4. The van der Waals surface area contributed by atoms with Crippen molar-refractivity contribution in [3.63, 3.8) is 0 Å². The minimum Gasteiger partial charge on any atom is -0.462 e. The first kappa shape index (κ1) is 46.0. The van der Waals surface area contributed by atoms with Gasteiger partial charge in [0.15, 0.2) is 6.10 Å². The number of hydrogen-bond acceptors (Lipinski definition) is 6. The van der Waals surface area contributed by atoms with Gasteiger partial charge in [0, 0.05) is 12.8 Å². The fourth-order valence-electron chi connectivity index (χ4n) is 4.96. The van der Waals surface area contributed by atoms with E-state index in [2.05, 4.69) is 67.0 Å². The summed E-state index contributed by atoms with van der Waals surface area (Å²) in [6.07, 6.45) is 41.1. The fourth-order valence-corrected chi connectivity index (χ4v) is 5.32. The summed E-state index contributed by atoms with van der Waals surface area (Å²) in [5, 5.41) is 0. The lowest BCUT2D eigenvalue weighted by molar-refractivity contribution is -0.161. The second kappa shape index (κ2) is 34.9. The highest BCUT2D eigenvalue weighted by Crippen LogP contribution is 2.36. The number of esters is 2. The van der Waals surface area contributed by atoms with Gasteiger partial charge in [0.2, 0.25) is 0 Å². The molecule has 0 radical (unpaired) electrons. The van der Waals surface area contributed by atoms with Gasteiger partial charge in [-0.1, -0.05) is 127 Å². The van der Waals surface area contributed by atoms with E-state index in [4.69, 9.17) is 19.3 Å². The zero-order valence-electron chi connectivity index (χ0n) is 30.4. The second-order valence-corrected chi connectivity index (χ2v) is 13.8. The molecule has 48 heavy (non-hydrogen) atoms. The van der Waals surface area contributed by atoms with Crippen molar-refractivity contribution in [3.8, 4) is 0 Å². The van der Waals surface area contributed by atoms with Crippen LogP contribution < -0.4 is 0 Å². The monoisotopic (exact) mass is 696 g/mol. The minimum atomic E-state index is -4.76. The molecule has 278 valence electrons. The van der Waals surface area contributed by atoms with E-state index in [1.165, 1.54) is 51.4 Å². The van der Waals surface area contributed by atoms with Crippen LogP contribution in [0.2, 0.25) is 0 Å². The number of allylic oxidation sites excluding steroid dienone is 8. The molecule has 0 fully saturated rings. The van der Waals surface area contributed by atoms with E-state index in [-0.39, 0.29) is 19.4 Å². The first-order valence-corrected chi connectivity index (χ1v) is 20.5. The Balaban J connectivity index is 4.03. The highest BCUT2D eigenvalue weighted by molar-refractivity contribution is 7.46. The predicted molar refractivity (Wildman–Crippen MR) is 198 cm³/mol. The number of carbonyl (C=O) groups is 2. The Morgan fingerprint density at radius 3 is 1.38 bits per heavy atom. The molecule has 0 bridgehead atoms. The first-order valence-electron chi connectivity index (χ1n) is 18.9. The van der Waals surface area contributed by atoms with E-state index in [1.807, 2.05) is 0 Å². The Hall–Kier alpha value is -1.99. The summed E-state index contributed by atoms with van der Waals surface area (Å²) >= 11 is 0. The van der Waals surface area contributed by atoms with Gasteiger partial charge in [0.1, 0.15) is 6.61 Å². The summed E-state index contributed by atoms with van der Waals surface area (Å²) in [5.41, 5.74) is 0. The molecule has 0 aliphatic rings. The van der Waals surface area contributed by atoms with Gasteiger partial charge < -0.3 is 19.3 Å². The summed E-state index contributed by atoms with van der Waals surface area (Å²) in [7, 11) is -4.76. The van der Waals surface area contributed by atoms with Crippen molar-refractivity contribution >= 4 is 19.8 Å². The van der Waals surface area contributed by atoms with Gasteiger partial charge in [0.25, 0.3) is 0 Å². The summed E-state index contributed by atoms with van der Waals surface area (Å²) < 4.78 is 26.3. The smallest absolute Gasteiger partial charge is 0.462 e. The molecule has 0 spiro atoms. The SMILES string of the molecule is CCCCCC=CCC=CCCCCCCCC(=O)OCC(COP(=O)(O)O)OC(=O)CCCCCCCC=CCC=CCCCCC. The molecule has 0 aliphatic heterocycles. The molecule has 0 amide bonds. The molecule has 9 heteroatoms. The average molecular weight is 697 g/mol. The van der Waals surface area contributed by atoms with E-state index < -0.39 is 32.5 Å². The van der Waals surface area contributed by atoms with E-state index in [9.17, 15) is 14.2 Å². The molecule has 0 rings (SSSR count). The number of hydrogen-bond donors (Lipinski definition) is 2. The second-order valence-electron chi connectivity index (χ2n) is 12.5. The van der Waals surface area contributed by atoms with Crippen LogP contribution in [-0.4, -0.2) is 41.0 Å². The van der Waals surface area contributed by atoms with Crippen LogP contribution in [0.4, 0.5) is 0 Å². The van der Waals surface area contributed by atoms with Crippen LogP contribution in [0.15, 0.2) is 48.6 Å². The van der Waals surface area contributed by atoms with Crippen molar-refractivity contribution in [2.45, 2.75) is 174 Å². The number of phosphoric ester groups is 1. The lowest BCUT2D eigenvalue weighted by atomic mass is 10.1. The molecule has 0 saturated heterocycles. The van der Waals surface area contributed by atoms with Crippen molar-refractivity contribution in [1.29, 1.82) is 0 Å². The quantitative estimate of drug-likeness (QED) is 0.0295. The average Bonchev–Trinajstić information content (AvgIpc) is 3.05. The van der Waals surface area contributed by atoms with E-state index in [0.717, 1.165) is 77.0 Å². The van der Waals surface area contributed by atoms with Crippen molar-refractivity contribution in [1.82, 2.24) is 0 Å². The largest absolute Gasteiger partial charge is 0.469 e. The standard InChI is InChI=1S/C39H69O8P/c1-3-5-7-9-11-13-15-17-19-21-23-25-27-29-31-33-38(40)45-35-37(36-46-48(42,43)44)47-39(41)34-32-30-28-26-24-22-20-18-16-14-12-10-8-6-4-2/h11-14,17-20,37H,3-10,15-16,21-36H2,1-2H3,(H2,42,43,44). The van der Waals surface area contributed by atoms with Gasteiger partial charge in [-0.3, -0.25) is 14.1 Å². The Bertz CT molecular complexity index is 921. The van der Waals surface area contributed by atoms with E-state index in [1.54, 1.807) is 0 Å². The normalized spacial score (nSPS) is 13.0. The molecule has 8 nitrogen and oxygen atoms in total. The Labute approximate surface area is 293 Å². The van der Waals surface area contributed by atoms with Crippen molar-refractivity contribution in [2.75, 3.05) is 13.2 Å². The third-order valence-corrected chi connectivity index (χ3v) is 8.31. The topological polar surface area (TPSA) is 119 Å². The van der Waals surface area contributed by atoms with Crippen LogP contribution in [0, 0.1) is 0 Å². The van der Waals surface area contributed by atoms with Crippen molar-refractivity contribution in [3.05, 3.63) is 48.6 Å². The number of phosphoric acid groups is 1. The molecule has 0 aromatic heterocycles. The lowest BCUT2D eigenvalue weighted by Gasteiger charge is -2.18. The predicted octanol–water partition coefficient (Wildman–Crippen LogP) is 11.2. The molecular formula is C39H69O8P. The lowest BCUT2D eigenvalue weighted by Crippen LogP contribution is -2.29. The molecule has 0 saturated carbocycles. The Kier molecular flexibility index (Phi) is 33.4. The highest BCUT2D eigenvalue weighted by Gasteiger charge is 2.22. The van der Waals surface area contributed by atoms with Gasteiger partial charge in [-0.2, -0.15) is 0 Å². The van der Waals surface area contributed by atoms with Crippen LogP contribution in [0.25, 0.3) is 0 Å². The maximum absolute atomic E-state index is 12.4. The van der Waals surface area contributed by atoms with Crippen LogP contribution in [-0.2, 0) is 28.2 Å². The number of rotatable bonds is 34. The molecule has 1 unspecified atom stereocenters. The molecule has 0 aromatic carbocycles. The third kappa shape index (κ3) is 36.8. The number of carbonyl (C=O) groups excluding carboxylic acids is 2. The molecular weight excluding hydrogens is 627 g/mol. The van der Waals surface area contributed by atoms with Crippen LogP contribution >= 0.6 is 7.82 Å². The summed E-state index contributed by atoms with van der Waals surface area (Å²) in [6.45, 7) is 3.59. The van der Waals surface area contributed by atoms with Gasteiger partial charge in [-0.05, 0) is 77.0 Å². The Morgan fingerprint density at radius 2 is 0.938 bits per heavy atom. The van der Waals surface area contributed by atoms with Gasteiger partial charge in [0.05, 0.1) is 6.61 Å². The minimum absolute atomic E-state index is 0.191. The number of ether oxygens (including phenoxy) is 2. The van der Waals surface area contributed by atoms with E-state index in [0.29, 0.717) is 12.8 Å². The molecule has 0 aromatic rings. The highest BCUT2D eigenvalue weighted by atomic mass is 31.2. The van der Waals surface area contributed by atoms with Crippen LogP contribution in [0.5, 0.6) is 0 Å². The summed E-state index contributed by atoms with van der Waals surface area (Å²) in [6, 6.07) is 0. The Morgan fingerprint density at radius 1 is 0.542 bits per heavy atom. The number of unbranched alkanes of at least 4 members (excludes halogenated alkanes) is 16. The van der Waals surface area contributed by atoms with Crippen LogP contribution in [0.3, 0.4) is 0 Å². The molecule has 0 heterocycles.